The average Bonchev–Trinajstić information content (AvgIpc) is 2.96. The molecular formula is C18H19N3O4. The van der Waals surface area contributed by atoms with Crippen molar-refractivity contribution in [2.24, 2.45) is 7.05 Å². The lowest BCUT2D eigenvalue weighted by atomic mass is 10.1. The second kappa shape index (κ2) is 6.80. The van der Waals surface area contributed by atoms with Gasteiger partial charge in [-0.15, -0.1) is 0 Å². The predicted octanol–water partition coefficient (Wildman–Crippen LogP) is 1.51. The van der Waals surface area contributed by atoms with E-state index in [0.717, 1.165) is 11.1 Å². The third-order valence-electron chi connectivity index (χ3n) is 4.07. The molecule has 1 aliphatic rings. The Morgan fingerprint density at radius 1 is 1.20 bits per heavy atom. The molecular weight excluding hydrogens is 322 g/mol. The van der Waals surface area contributed by atoms with E-state index >= 15 is 0 Å². The summed E-state index contributed by atoms with van der Waals surface area (Å²) in [4.78, 5) is 36.2. The van der Waals surface area contributed by atoms with Gasteiger partial charge in [-0.1, -0.05) is 12.1 Å². The van der Waals surface area contributed by atoms with Crippen LogP contribution in [0.5, 0.6) is 0 Å². The van der Waals surface area contributed by atoms with Crippen LogP contribution in [0.15, 0.2) is 47.4 Å². The highest BCUT2D eigenvalue weighted by atomic mass is 16.6. The number of anilines is 1. The number of hydrogen-bond donors (Lipinski definition) is 1. The second-order valence-electron chi connectivity index (χ2n) is 5.96. The smallest absolute Gasteiger partial charge is 0.414 e. The highest BCUT2D eigenvalue weighted by Crippen LogP contribution is 2.25. The number of aryl methyl sites for hydroxylation is 1. The fourth-order valence-electron chi connectivity index (χ4n) is 2.66. The minimum atomic E-state index is -0.434. The summed E-state index contributed by atoms with van der Waals surface area (Å²) in [5.41, 5.74) is 2.35. The van der Waals surface area contributed by atoms with E-state index in [4.69, 9.17) is 4.74 Å². The molecule has 0 unspecified atom stereocenters. The van der Waals surface area contributed by atoms with E-state index in [1.807, 2.05) is 30.3 Å². The van der Waals surface area contributed by atoms with E-state index in [9.17, 15) is 14.4 Å². The van der Waals surface area contributed by atoms with Crippen molar-refractivity contribution in [2.75, 3.05) is 18.0 Å². The van der Waals surface area contributed by atoms with Crippen molar-refractivity contribution in [1.29, 1.82) is 0 Å². The first kappa shape index (κ1) is 16.8. The molecule has 130 valence electrons. The molecule has 1 saturated heterocycles. The van der Waals surface area contributed by atoms with Crippen LogP contribution in [-0.4, -0.2) is 35.8 Å². The Morgan fingerprint density at radius 3 is 2.56 bits per heavy atom. The SMILES string of the molecule is CC(=O)NC[C@H]1CN(c2ccc(-c3ccn(C)c(=O)c3)cc2)C(=O)O1. The van der Waals surface area contributed by atoms with E-state index in [-0.39, 0.29) is 17.6 Å². The maximum atomic E-state index is 12.0. The van der Waals surface area contributed by atoms with Gasteiger partial charge in [0.25, 0.3) is 5.56 Å². The molecule has 2 aromatic rings. The van der Waals surface area contributed by atoms with Gasteiger partial charge in [0.2, 0.25) is 5.91 Å². The zero-order valence-electron chi connectivity index (χ0n) is 14.1. The van der Waals surface area contributed by atoms with Gasteiger partial charge in [0, 0.05) is 31.9 Å². The van der Waals surface area contributed by atoms with Crippen LogP contribution >= 0.6 is 0 Å². The number of rotatable bonds is 4. The molecule has 1 aromatic carbocycles. The van der Waals surface area contributed by atoms with Gasteiger partial charge >= 0.3 is 6.09 Å². The molecule has 0 bridgehead atoms. The molecule has 0 radical (unpaired) electrons. The summed E-state index contributed by atoms with van der Waals surface area (Å²) in [6.07, 6.45) is 0.917. The summed E-state index contributed by atoms with van der Waals surface area (Å²) in [6.45, 7) is 2.09. The minimum absolute atomic E-state index is 0.0782. The van der Waals surface area contributed by atoms with Gasteiger partial charge in [-0.2, -0.15) is 0 Å². The Kier molecular flexibility index (Phi) is 4.56. The first-order valence-corrected chi connectivity index (χ1v) is 7.94. The summed E-state index contributed by atoms with van der Waals surface area (Å²) in [6, 6.07) is 10.8. The average molecular weight is 341 g/mol. The quantitative estimate of drug-likeness (QED) is 0.914. The van der Waals surface area contributed by atoms with Gasteiger partial charge in [0.1, 0.15) is 6.10 Å². The predicted molar refractivity (Wildman–Crippen MR) is 93.4 cm³/mol. The number of benzene rings is 1. The van der Waals surface area contributed by atoms with E-state index in [1.165, 1.54) is 16.4 Å². The van der Waals surface area contributed by atoms with E-state index in [2.05, 4.69) is 5.32 Å². The van der Waals surface area contributed by atoms with Gasteiger partial charge < -0.3 is 14.6 Å². The summed E-state index contributed by atoms with van der Waals surface area (Å²) < 4.78 is 6.76. The number of carbonyl (C=O) groups is 2. The van der Waals surface area contributed by atoms with Gasteiger partial charge in [-0.05, 0) is 29.3 Å². The van der Waals surface area contributed by atoms with Crippen LogP contribution in [-0.2, 0) is 16.6 Å². The number of pyridine rings is 1. The molecule has 7 nitrogen and oxygen atoms in total. The number of cyclic esters (lactones) is 1. The fourth-order valence-corrected chi connectivity index (χ4v) is 2.66. The molecule has 0 aliphatic carbocycles. The highest BCUT2D eigenvalue weighted by Gasteiger charge is 2.32. The zero-order valence-corrected chi connectivity index (χ0v) is 14.1. The first-order chi connectivity index (χ1) is 11.9. The molecule has 25 heavy (non-hydrogen) atoms. The largest absolute Gasteiger partial charge is 0.442 e. The number of nitrogens with zero attached hydrogens (tertiary/aromatic N) is 2. The van der Waals surface area contributed by atoms with Gasteiger partial charge in [0.15, 0.2) is 0 Å². The van der Waals surface area contributed by atoms with Crippen molar-refractivity contribution in [2.45, 2.75) is 13.0 Å². The number of amides is 2. The van der Waals surface area contributed by atoms with Crippen molar-refractivity contribution in [3.63, 3.8) is 0 Å². The highest BCUT2D eigenvalue weighted by molar-refractivity contribution is 5.90. The van der Waals surface area contributed by atoms with Crippen LogP contribution in [0, 0.1) is 0 Å². The topological polar surface area (TPSA) is 80.6 Å². The summed E-state index contributed by atoms with van der Waals surface area (Å²) >= 11 is 0. The van der Waals surface area contributed by atoms with Crippen molar-refractivity contribution >= 4 is 17.7 Å². The number of carbonyl (C=O) groups excluding carboxylic acids is 2. The van der Waals surface area contributed by atoms with Crippen LogP contribution in [0.2, 0.25) is 0 Å². The van der Waals surface area contributed by atoms with Crippen molar-refractivity contribution in [3.8, 4) is 11.1 Å². The molecule has 7 heteroatoms. The maximum Gasteiger partial charge on any atom is 0.414 e. The number of hydrogen-bond acceptors (Lipinski definition) is 4. The Labute approximate surface area is 144 Å². The number of aromatic nitrogens is 1. The van der Waals surface area contributed by atoms with Gasteiger partial charge in [-0.25, -0.2) is 4.79 Å². The lowest BCUT2D eigenvalue weighted by Gasteiger charge is -2.14. The molecule has 2 amide bonds. The van der Waals surface area contributed by atoms with Crippen LogP contribution in [0.3, 0.4) is 0 Å². The van der Waals surface area contributed by atoms with E-state index < -0.39 is 6.09 Å². The third-order valence-corrected chi connectivity index (χ3v) is 4.07. The molecule has 1 aliphatic heterocycles. The molecule has 1 aromatic heterocycles. The Balaban J connectivity index is 1.74. The fraction of sp³-hybridized carbons (Fsp3) is 0.278. The maximum absolute atomic E-state index is 12.0. The van der Waals surface area contributed by atoms with Crippen LogP contribution in [0.4, 0.5) is 10.5 Å². The number of ether oxygens (including phenoxy) is 1. The summed E-state index contributed by atoms with van der Waals surface area (Å²) in [7, 11) is 1.70. The van der Waals surface area contributed by atoms with Crippen LogP contribution in [0.25, 0.3) is 11.1 Å². The van der Waals surface area contributed by atoms with Gasteiger partial charge in [0.05, 0.1) is 13.1 Å². The molecule has 0 spiro atoms. The monoisotopic (exact) mass is 341 g/mol. The van der Waals surface area contributed by atoms with Crippen molar-refractivity contribution in [1.82, 2.24) is 9.88 Å². The third kappa shape index (κ3) is 3.71. The minimum Gasteiger partial charge on any atom is -0.442 e. The normalized spacial score (nSPS) is 16.6. The summed E-state index contributed by atoms with van der Waals surface area (Å²) in [5.74, 6) is -0.159. The van der Waals surface area contributed by atoms with Crippen molar-refractivity contribution < 1.29 is 14.3 Å². The molecule has 3 rings (SSSR count). The molecule has 1 atom stereocenters. The van der Waals surface area contributed by atoms with Gasteiger partial charge in [-0.3, -0.25) is 14.5 Å². The lowest BCUT2D eigenvalue weighted by molar-refractivity contribution is -0.119. The van der Waals surface area contributed by atoms with E-state index in [1.54, 1.807) is 19.3 Å². The standard InChI is InChI=1S/C18H19N3O4/c1-12(22)19-10-16-11-21(18(24)25-16)15-5-3-13(4-6-15)14-7-8-20(2)17(23)9-14/h3-9,16H,10-11H2,1-2H3,(H,19,22)/t16-/m0/s1. The van der Waals surface area contributed by atoms with E-state index in [0.29, 0.717) is 18.8 Å². The molecule has 1 N–H and O–H groups in total. The van der Waals surface area contributed by atoms with Crippen LogP contribution in [0.1, 0.15) is 6.92 Å². The van der Waals surface area contributed by atoms with Crippen LogP contribution < -0.4 is 15.8 Å². The zero-order chi connectivity index (χ0) is 18.0. The lowest BCUT2D eigenvalue weighted by Crippen LogP contribution is -2.33. The Bertz CT molecular complexity index is 857. The Morgan fingerprint density at radius 2 is 1.92 bits per heavy atom. The molecule has 0 saturated carbocycles. The Hall–Kier alpha value is -3.09. The second-order valence-corrected chi connectivity index (χ2v) is 5.96. The van der Waals surface area contributed by atoms with Crippen molar-refractivity contribution in [3.05, 3.63) is 52.9 Å². The summed E-state index contributed by atoms with van der Waals surface area (Å²) in [5, 5.41) is 2.65. The molecule has 2 heterocycles. The number of nitrogens with one attached hydrogen (secondary N) is 1. The molecule has 1 fully saturated rings. The first-order valence-electron chi connectivity index (χ1n) is 7.94.